The molecule has 5 nitrogen and oxygen atoms in total. The minimum atomic E-state index is -0.227. The summed E-state index contributed by atoms with van der Waals surface area (Å²) in [6, 6.07) is 3.45. The summed E-state index contributed by atoms with van der Waals surface area (Å²) < 4.78 is 11.5. The SMILES string of the molecule is COc1cc(Br)c(C2C(N)CC(=O)N2C(C)C)cc1OC. The van der Waals surface area contributed by atoms with Gasteiger partial charge in [-0.3, -0.25) is 4.79 Å². The summed E-state index contributed by atoms with van der Waals surface area (Å²) in [5.74, 6) is 1.36. The highest BCUT2D eigenvalue weighted by atomic mass is 79.9. The molecule has 0 bridgehead atoms. The van der Waals surface area contributed by atoms with Crippen LogP contribution < -0.4 is 15.2 Å². The summed E-state index contributed by atoms with van der Waals surface area (Å²) in [5, 5.41) is 0. The van der Waals surface area contributed by atoms with E-state index in [0.717, 1.165) is 10.0 Å². The van der Waals surface area contributed by atoms with Crippen LogP contribution in [0.5, 0.6) is 11.5 Å². The lowest BCUT2D eigenvalue weighted by Crippen LogP contribution is -2.37. The van der Waals surface area contributed by atoms with Crippen LogP contribution in [0.2, 0.25) is 0 Å². The fourth-order valence-electron chi connectivity index (χ4n) is 2.87. The van der Waals surface area contributed by atoms with E-state index in [1.165, 1.54) is 0 Å². The Morgan fingerprint density at radius 1 is 1.29 bits per heavy atom. The van der Waals surface area contributed by atoms with Crippen LogP contribution in [-0.2, 0) is 4.79 Å². The average Bonchev–Trinajstić information content (AvgIpc) is 2.73. The number of carbonyl (C=O) groups excluding carboxylic acids is 1. The summed E-state index contributed by atoms with van der Waals surface area (Å²) in [4.78, 5) is 14.0. The predicted molar refractivity (Wildman–Crippen MR) is 84.6 cm³/mol. The van der Waals surface area contributed by atoms with Crippen LogP contribution in [0, 0.1) is 0 Å². The number of methoxy groups -OCH3 is 2. The maximum atomic E-state index is 12.2. The van der Waals surface area contributed by atoms with E-state index in [1.807, 2.05) is 30.9 Å². The van der Waals surface area contributed by atoms with E-state index >= 15 is 0 Å². The molecule has 2 unspecified atom stereocenters. The second kappa shape index (κ2) is 6.23. The normalized spacial score (nSPS) is 22.0. The zero-order valence-electron chi connectivity index (χ0n) is 12.7. The monoisotopic (exact) mass is 356 g/mol. The topological polar surface area (TPSA) is 64.8 Å². The zero-order chi connectivity index (χ0) is 15.7. The molecule has 0 radical (unpaired) electrons. The molecule has 1 aliphatic rings. The second-order valence-electron chi connectivity index (χ2n) is 5.44. The molecular formula is C15H21BrN2O3. The molecule has 1 fully saturated rings. The van der Waals surface area contributed by atoms with E-state index < -0.39 is 0 Å². The Hall–Kier alpha value is -1.27. The average molecular weight is 357 g/mol. The smallest absolute Gasteiger partial charge is 0.225 e. The molecule has 1 aromatic carbocycles. The van der Waals surface area contributed by atoms with Gasteiger partial charge in [0.2, 0.25) is 5.91 Å². The Labute approximate surface area is 133 Å². The highest BCUT2D eigenvalue weighted by molar-refractivity contribution is 9.10. The number of hydrogen-bond donors (Lipinski definition) is 1. The van der Waals surface area contributed by atoms with Crippen LogP contribution in [0.4, 0.5) is 0 Å². The predicted octanol–water partition coefficient (Wildman–Crippen LogP) is 2.48. The zero-order valence-corrected chi connectivity index (χ0v) is 14.3. The Kier molecular flexibility index (Phi) is 4.78. The molecule has 116 valence electrons. The molecule has 0 aromatic heterocycles. The summed E-state index contributed by atoms with van der Waals surface area (Å²) in [6.07, 6.45) is 0.365. The second-order valence-corrected chi connectivity index (χ2v) is 6.29. The van der Waals surface area contributed by atoms with E-state index in [9.17, 15) is 4.79 Å². The van der Waals surface area contributed by atoms with Crippen molar-refractivity contribution in [2.24, 2.45) is 5.73 Å². The molecule has 0 spiro atoms. The molecule has 1 heterocycles. The van der Waals surface area contributed by atoms with Crippen LogP contribution in [-0.4, -0.2) is 37.1 Å². The minimum absolute atomic E-state index is 0.0872. The summed E-state index contributed by atoms with van der Waals surface area (Å²) in [6.45, 7) is 4.00. The summed E-state index contributed by atoms with van der Waals surface area (Å²) >= 11 is 3.56. The molecule has 1 amide bonds. The van der Waals surface area contributed by atoms with Gasteiger partial charge in [0.1, 0.15) is 0 Å². The van der Waals surface area contributed by atoms with Crippen LogP contribution in [0.15, 0.2) is 16.6 Å². The third kappa shape index (κ3) is 2.87. The van der Waals surface area contributed by atoms with Gasteiger partial charge < -0.3 is 20.1 Å². The molecule has 1 saturated heterocycles. The van der Waals surface area contributed by atoms with E-state index in [4.69, 9.17) is 15.2 Å². The molecule has 2 N–H and O–H groups in total. The lowest BCUT2D eigenvalue weighted by atomic mass is 9.99. The van der Waals surface area contributed by atoms with E-state index in [1.54, 1.807) is 14.2 Å². The molecule has 1 aromatic rings. The maximum absolute atomic E-state index is 12.2. The van der Waals surface area contributed by atoms with Crippen LogP contribution in [0.3, 0.4) is 0 Å². The Morgan fingerprint density at radius 2 is 1.86 bits per heavy atom. The van der Waals surface area contributed by atoms with Gasteiger partial charge in [0.25, 0.3) is 0 Å². The minimum Gasteiger partial charge on any atom is -0.493 e. The van der Waals surface area contributed by atoms with Crippen molar-refractivity contribution in [2.45, 2.75) is 38.4 Å². The van der Waals surface area contributed by atoms with Crippen molar-refractivity contribution in [1.82, 2.24) is 4.90 Å². The number of amides is 1. The van der Waals surface area contributed by atoms with E-state index in [-0.39, 0.29) is 24.0 Å². The van der Waals surface area contributed by atoms with Gasteiger partial charge in [0, 0.05) is 23.0 Å². The number of rotatable bonds is 4. The first-order valence-electron chi connectivity index (χ1n) is 6.88. The highest BCUT2D eigenvalue weighted by Gasteiger charge is 2.41. The maximum Gasteiger partial charge on any atom is 0.225 e. The van der Waals surface area contributed by atoms with Gasteiger partial charge in [0.15, 0.2) is 11.5 Å². The molecule has 2 atom stereocenters. The quantitative estimate of drug-likeness (QED) is 0.899. The van der Waals surface area contributed by atoms with Gasteiger partial charge >= 0.3 is 0 Å². The largest absolute Gasteiger partial charge is 0.493 e. The molecule has 21 heavy (non-hydrogen) atoms. The van der Waals surface area contributed by atoms with Crippen molar-refractivity contribution in [3.63, 3.8) is 0 Å². The van der Waals surface area contributed by atoms with Crippen molar-refractivity contribution in [3.8, 4) is 11.5 Å². The number of halogens is 1. The molecule has 0 saturated carbocycles. The molecule has 2 rings (SSSR count). The van der Waals surface area contributed by atoms with Crippen molar-refractivity contribution in [1.29, 1.82) is 0 Å². The van der Waals surface area contributed by atoms with E-state index in [2.05, 4.69) is 15.9 Å². The lowest BCUT2D eigenvalue weighted by molar-refractivity contribution is -0.130. The van der Waals surface area contributed by atoms with Gasteiger partial charge in [-0.1, -0.05) is 15.9 Å². The first-order chi connectivity index (χ1) is 9.90. The van der Waals surface area contributed by atoms with Crippen molar-refractivity contribution in [2.75, 3.05) is 14.2 Å². The van der Waals surface area contributed by atoms with Crippen LogP contribution in [0.25, 0.3) is 0 Å². The third-order valence-electron chi connectivity index (χ3n) is 3.78. The molecule has 6 heteroatoms. The number of likely N-dealkylation sites (tertiary alicyclic amines) is 1. The Bertz CT molecular complexity index is 548. The molecule has 0 aliphatic carbocycles. The van der Waals surface area contributed by atoms with Crippen molar-refractivity contribution < 1.29 is 14.3 Å². The number of carbonyl (C=O) groups is 1. The Balaban J connectivity index is 2.51. The third-order valence-corrected chi connectivity index (χ3v) is 4.47. The number of nitrogens with zero attached hydrogens (tertiary/aromatic N) is 1. The first kappa shape index (κ1) is 16.1. The number of benzene rings is 1. The fraction of sp³-hybridized carbons (Fsp3) is 0.533. The van der Waals surface area contributed by atoms with Gasteiger partial charge in [-0.2, -0.15) is 0 Å². The molecule has 1 aliphatic heterocycles. The number of hydrogen-bond acceptors (Lipinski definition) is 4. The van der Waals surface area contributed by atoms with Crippen molar-refractivity contribution in [3.05, 3.63) is 22.2 Å². The summed E-state index contributed by atoms with van der Waals surface area (Å²) in [7, 11) is 3.19. The van der Waals surface area contributed by atoms with E-state index in [0.29, 0.717) is 17.9 Å². The first-order valence-corrected chi connectivity index (χ1v) is 7.68. The van der Waals surface area contributed by atoms with Crippen molar-refractivity contribution >= 4 is 21.8 Å². The number of ether oxygens (including phenoxy) is 2. The van der Waals surface area contributed by atoms with Crippen LogP contribution >= 0.6 is 15.9 Å². The Morgan fingerprint density at radius 3 is 2.38 bits per heavy atom. The van der Waals surface area contributed by atoms with Gasteiger partial charge in [-0.05, 0) is 31.5 Å². The van der Waals surface area contributed by atoms with Crippen LogP contribution in [0.1, 0.15) is 31.9 Å². The highest BCUT2D eigenvalue weighted by Crippen LogP contribution is 2.42. The fourth-order valence-corrected chi connectivity index (χ4v) is 3.42. The molecular weight excluding hydrogens is 336 g/mol. The van der Waals surface area contributed by atoms with Gasteiger partial charge in [-0.15, -0.1) is 0 Å². The lowest BCUT2D eigenvalue weighted by Gasteiger charge is -2.31. The number of nitrogens with two attached hydrogens (primary N) is 1. The standard InChI is InChI=1S/C15H21BrN2O3/c1-8(2)18-14(19)7-11(17)15(18)9-5-12(20-3)13(21-4)6-10(9)16/h5-6,8,11,15H,7,17H2,1-4H3. The van der Waals surface area contributed by atoms with Gasteiger partial charge in [-0.25, -0.2) is 0 Å². The summed E-state index contributed by atoms with van der Waals surface area (Å²) in [5.41, 5.74) is 7.15. The van der Waals surface area contributed by atoms with Gasteiger partial charge in [0.05, 0.1) is 20.3 Å².